The van der Waals surface area contributed by atoms with Crippen LogP contribution in [-0.4, -0.2) is 17.6 Å². The van der Waals surface area contributed by atoms with E-state index in [1.54, 1.807) is 0 Å². The molecule has 0 radical (unpaired) electrons. The summed E-state index contributed by atoms with van der Waals surface area (Å²) in [4.78, 5) is 10.9. The predicted molar refractivity (Wildman–Crippen MR) is 34.4 cm³/mol. The third kappa shape index (κ3) is 5.90. The Hall–Kier alpha value is 2.29. The Morgan fingerprint density at radius 1 is 1.75 bits per heavy atom. The quantitative estimate of drug-likeness (QED) is 0.553. The van der Waals surface area contributed by atoms with Gasteiger partial charge >= 0.3 is 116 Å². The summed E-state index contributed by atoms with van der Waals surface area (Å²) < 4.78 is 0. The van der Waals surface area contributed by atoms with Crippen LogP contribution >= 0.6 is 0 Å². The first-order valence-corrected chi connectivity index (χ1v) is 2.99. The van der Waals surface area contributed by atoms with E-state index >= 15 is 0 Å². The molecule has 0 fully saturated rings. The average molecular weight is 308 g/mol. The second kappa shape index (κ2) is 9.83. The summed E-state index contributed by atoms with van der Waals surface area (Å²) in [7, 11) is 0. The molecule has 0 saturated heterocycles. The minimum Gasteiger partial charge on any atom is -0.653 e. The summed E-state index contributed by atoms with van der Waals surface area (Å²) in [6.07, 6.45) is 3.83. The first-order valence-electron chi connectivity index (χ1n) is 2.99. The Kier molecular flexibility index (Phi) is 13.7. The van der Waals surface area contributed by atoms with Crippen molar-refractivity contribution in [3.05, 3.63) is 18.0 Å². The number of rotatable bonds is 2. The molecule has 0 atom stereocenters. The maximum atomic E-state index is 10.9. The predicted octanol–water partition coefficient (Wildman–Crippen LogP) is -6.40. The van der Waals surface area contributed by atoms with Crippen LogP contribution in [0.4, 0.5) is 0 Å². The topological polar surface area (TPSA) is 56.1 Å². The van der Waals surface area contributed by atoms with Crippen molar-refractivity contribution < 1.29 is 121 Å². The molecule has 0 aromatic carbocycles. The van der Waals surface area contributed by atoms with Crippen molar-refractivity contribution in [1.82, 2.24) is 15.5 Å². The molecular weight excluding hydrogens is 301 g/mol. The summed E-state index contributed by atoms with van der Waals surface area (Å²) in [6.45, 7) is 2.46. The van der Waals surface area contributed by atoms with E-state index in [0.717, 1.165) is 0 Å². The van der Waals surface area contributed by atoms with Gasteiger partial charge in [-0.15, -0.1) is 5.56 Å². The summed E-state index contributed by atoms with van der Waals surface area (Å²) in [5, 5.41) is 9.45. The fraction of sp³-hybridized carbons (Fsp3) is 0.333. The van der Waals surface area contributed by atoms with E-state index in [1.165, 1.54) is 6.20 Å². The minimum absolute atomic E-state index is 0. The number of amides is 1. The molecule has 1 N–H and O–H groups in total. The van der Waals surface area contributed by atoms with Crippen LogP contribution in [0.15, 0.2) is 6.20 Å². The van der Waals surface area contributed by atoms with Crippen molar-refractivity contribution in [2.24, 2.45) is 0 Å². The third-order valence-corrected chi connectivity index (χ3v) is 0.997. The largest absolute Gasteiger partial charge is 1.00 e. The van der Waals surface area contributed by atoms with E-state index in [1.807, 2.05) is 6.92 Å². The number of aromatic nitrogens is 2. The average Bonchev–Trinajstić information content (AvgIpc) is 2.38. The SMILES string of the molecule is CCNC(=O)c1[c-]n[n-]c1.[Rb+].[Rb+]. The molecule has 0 unspecified atom stereocenters. The van der Waals surface area contributed by atoms with Crippen LogP contribution in [-0.2, 0) is 0 Å². The molecule has 1 heterocycles. The Morgan fingerprint density at radius 3 is 2.83 bits per heavy atom. The van der Waals surface area contributed by atoms with Crippen LogP contribution in [0.3, 0.4) is 0 Å². The van der Waals surface area contributed by atoms with E-state index in [4.69, 9.17) is 0 Å². The Labute approximate surface area is 169 Å². The van der Waals surface area contributed by atoms with Crippen molar-refractivity contribution in [3.8, 4) is 0 Å². The van der Waals surface area contributed by atoms with E-state index in [9.17, 15) is 4.79 Å². The Bertz CT molecular complexity index is 213. The molecule has 1 amide bonds. The van der Waals surface area contributed by atoms with Gasteiger partial charge in [0.1, 0.15) is 5.91 Å². The molecular formula is C6H7N3ORb2. The fourth-order valence-electron chi connectivity index (χ4n) is 0.563. The van der Waals surface area contributed by atoms with E-state index in [2.05, 4.69) is 21.7 Å². The molecule has 0 bridgehead atoms. The zero-order valence-electron chi connectivity index (χ0n) is 7.59. The third-order valence-electron chi connectivity index (χ3n) is 0.997. The molecule has 1 aromatic heterocycles. The van der Waals surface area contributed by atoms with Crippen molar-refractivity contribution in [2.75, 3.05) is 6.54 Å². The first kappa shape index (κ1) is 16.7. The molecule has 54 valence electrons. The molecule has 1 aromatic rings. The number of hydrogen-bond acceptors (Lipinski definition) is 2. The summed E-state index contributed by atoms with van der Waals surface area (Å²) in [5.74, 6) is -0.174. The molecule has 0 aliphatic rings. The second-order valence-electron chi connectivity index (χ2n) is 1.73. The van der Waals surface area contributed by atoms with Crippen LogP contribution in [0, 0.1) is 6.20 Å². The number of carbonyl (C=O) groups is 1. The monoisotopic (exact) mass is 307 g/mol. The van der Waals surface area contributed by atoms with E-state index in [0.29, 0.717) is 12.1 Å². The van der Waals surface area contributed by atoms with Crippen LogP contribution in [0.5, 0.6) is 0 Å². The van der Waals surface area contributed by atoms with Crippen LogP contribution < -0.4 is 127 Å². The van der Waals surface area contributed by atoms with Gasteiger partial charge in [-0.1, -0.05) is 6.20 Å². The van der Waals surface area contributed by atoms with Crippen molar-refractivity contribution in [1.29, 1.82) is 0 Å². The van der Waals surface area contributed by atoms with E-state index in [-0.39, 0.29) is 122 Å². The fourth-order valence-corrected chi connectivity index (χ4v) is 0.563. The van der Waals surface area contributed by atoms with Gasteiger partial charge in [0.15, 0.2) is 0 Å². The van der Waals surface area contributed by atoms with Gasteiger partial charge in [-0.3, -0.25) is 6.20 Å². The molecule has 6 heteroatoms. The molecule has 12 heavy (non-hydrogen) atoms. The van der Waals surface area contributed by atoms with Gasteiger partial charge in [0, 0.05) is 6.54 Å². The zero-order valence-corrected chi connectivity index (χ0v) is 17.4. The second-order valence-corrected chi connectivity index (χ2v) is 1.73. The number of carbonyl (C=O) groups excluding carboxylic acids is 1. The van der Waals surface area contributed by atoms with E-state index < -0.39 is 0 Å². The number of nitrogens with zero attached hydrogens (tertiary/aromatic N) is 2. The number of hydrogen-bond donors (Lipinski definition) is 1. The molecule has 0 aliphatic heterocycles. The van der Waals surface area contributed by atoms with Gasteiger partial charge in [-0.05, 0) is 6.92 Å². The molecule has 0 spiro atoms. The van der Waals surface area contributed by atoms with Crippen LogP contribution in [0.25, 0.3) is 0 Å². The molecule has 1 rings (SSSR count). The number of nitrogens with one attached hydrogen (secondary N) is 1. The van der Waals surface area contributed by atoms with Gasteiger partial charge in [-0.25, -0.2) is 0 Å². The van der Waals surface area contributed by atoms with Gasteiger partial charge in [-0.2, -0.15) is 0 Å². The van der Waals surface area contributed by atoms with Crippen molar-refractivity contribution >= 4 is 5.91 Å². The summed E-state index contributed by atoms with van der Waals surface area (Å²) in [5.41, 5.74) is 0.391. The van der Waals surface area contributed by atoms with Crippen LogP contribution in [0.1, 0.15) is 17.3 Å². The normalized spacial score (nSPS) is 7.75. The summed E-state index contributed by atoms with van der Waals surface area (Å²) >= 11 is 0. The van der Waals surface area contributed by atoms with Crippen LogP contribution in [0.2, 0.25) is 0 Å². The van der Waals surface area contributed by atoms with Gasteiger partial charge in [0.05, 0.1) is 0 Å². The van der Waals surface area contributed by atoms with Gasteiger partial charge in [0.25, 0.3) is 0 Å². The maximum Gasteiger partial charge on any atom is 1.00 e. The van der Waals surface area contributed by atoms with Crippen molar-refractivity contribution in [2.45, 2.75) is 6.92 Å². The maximum absolute atomic E-state index is 10.9. The smallest absolute Gasteiger partial charge is 0.653 e. The molecule has 0 saturated carbocycles. The molecule has 0 aliphatic carbocycles. The first-order chi connectivity index (χ1) is 4.84. The van der Waals surface area contributed by atoms with Crippen molar-refractivity contribution in [3.63, 3.8) is 0 Å². The van der Waals surface area contributed by atoms with Gasteiger partial charge < -0.3 is 20.3 Å². The summed E-state index contributed by atoms with van der Waals surface area (Å²) in [6, 6.07) is 0. The standard InChI is InChI=1S/C6H8N3O.2Rb/c1-2-7-6(10)5-3-8-9-4-5;;/h3H,2H2,1H3,(H2,7,8,9,10);;/q-1;2*+1/p-1. The molecule has 4 nitrogen and oxygen atoms in total. The van der Waals surface area contributed by atoms with Gasteiger partial charge in [0.2, 0.25) is 0 Å². The zero-order chi connectivity index (χ0) is 7.40. The Morgan fingerprint density at radius 2 is 2.42 bits per heavy atom. The minimum atomic E-state index is -0.174. The Balaban J connectivity index is 0.